The van der Waals surface area contributed by atoms with Crippen LogP contribution in [0.4, 0.5) is 5.69 Å². The van der Waals surface area contributed by atoms with Crippen molar-refractivity contribution < 1.29 is 14.5 Å². The van der Waals surface area contributed by atoms with Gasteiger partial charge < -0.3 is 4.74 Å². The highest BCUT2D eigenvalue weighted by Crippen LogP contribution is 2.25. The van der Waals surface area contributed by atoms with Crippen molar-refractivity contribution in [3.05, 3.63) is 38.9 Å². The SMILES string of the molecule is CCCCCCOC(=O)c1ccc(Cl)c([N+](=O)[O-])c1. The van der Waals surface area contributed by atoms with Gasteiger partial charge in [0.2, 0.25) is 0 Å². The van der Waals surface area contributed by atoms with Crippen LogP contribution in [0.1, 0.15) is 43.0 Å². The second-order valence-electron chi connectivity index (χ2n) is 4.12. The molecule has 0 N–H and O–H groups in total. The van der Waals surface area contributed by atoms with Crippen molar-refractivity contribution in [2.45, 2.75) is 32.6 Å². The molecule has 1 aromatic rings. The van der Waals surface area contributed by atoms with Crippen LogP contribution in [-0.2, 0) is 4.74 Å². The Labute approximate surface area is 116 Å². The molecule has 0 fully saturated rings. The lowest BCUT2D eigenvalue weighted by Gasteiger charge is -2.05. The first-order valence-electron chi connectivity index (χ1n) is 6.17. The monoisotopic (exact) mass is 285 g/mol. The summed E-state index contributed by atoms with van der Waals surface area (Å²) in [6.07, 6.45) is 4.01. The van der Waals surface area contributed by atoms with Crippen molar-refractivity contribution in [2.75, 3.05) is 6.61 Å². The van der Waals surface area contributed by atoms with Crippen LogP contribution in [-0.4, -0.2) is 17.5 Å². The molecule has 0 spiro atoms. The molecule has 1 aromatic carbocycles. The molecule has 104 valence electrons. The van der Waals surface area contributed by atoms with Gasteiger partial charge in [-0.15, -0.1) is 0 Å². The number of hydrogen-bond donors (Lipinski definition) is 0. The molecule has 6 heteroatoms. The number of halogens is 1. The van der Waals surface area contributed by atoms with Gasteiger partial charge in [0.15, 0.2) is 0 Å². The summed E-state index contributed by atoms with van der Waals surface area (Å²) < 4.78 is 5.04. The molecular weight excluding hydrogens is 270 g/mol. The average molecular weight is 286 g/mol. The lowest BCUT2D eigenvalue weighted by Crippen LogP contribution is -2.07. The van der Waals surface area contributed by atoms with Gasteiger partial charge in [-0.05, 0) is 18.6 Å². The number of unbranched alkanes of at least 4 members (excludes halogenated alkanes) is 3. The van der Waals surface area contributed by atoms with Gasteiger partial charge in [0.1, 0.15) is 5.02 Å². The van der Waals surface area contributed by atoms with Crippen molar-refractivity contribution in [1.82, 2.24) is 0 Å². The fourth-order valence-electron chi connectivity index (χ4n) is 1.56. The van der Waals surface area contributed by atoms with E-state index in [0.29, 0.717) is 6.61 Å². The van der Waals surface area contributed by atoms with E-state index in [9.17, 15) is 14.9 Å². The van der Waals surface area contributed by atoms with E-state index in [4.69, 9.17) is 16.3 Å². The second-order valence-corrected chi connectivity index (χ2v) is 4.53. The zero-order valence-electron chi connectivity index (χ0n) is 10.7. The Morgan fingerprint density at radius 1 is 1.37 bits per heavy atom. The standard InChI is InChI=1S/C13H16ClNO4/c1-2-3-4-5-8-19-13(16)10-6-7-11(14)12(9-10)15(17)18/h6-7,9H,2-5,8H2,1H3. The Kier molecular flexibility index (Phi) is 6.29. The Hall–Kier alpha value is -1.62. The number of carbonyl (C=O) groups excluding carboxylic acids is 1. The van der Waals surface area contributed by atoms with E-state index in [2.05, 4.69) is 6.92 Å². The van der Waals surface area contributed by atoms with Gasteiger partial charge in [0, 0.05) is 6.07 Å². The average Bonchev–Trinajstić information content (AvgIpc) is 2.38. The van der Waals surface area contributed by atoms with Crippen LogP contribution in [0, 0.1) is 10.1 Å². The number of nitrogens with zero attached hydrogens (tertiary/aromatic N) is 1. The number of hydrogen-bond acceptors (Lipinski definition) is 4. The molecule has 0 atom stereocenters. The molecule has 0 bridgehead atoms. The molecule has 19 heavy (non-hydrogen) atoms. The van der Waals surface area contributed by atoms with Gasteiger partial charge >= 0.3 is 5.97 Å². The Balaban J connectivity index is 2.57. The number of nitro benzene ring substituents is 1. The quantitative estimate of drug-likeness (QED) is 0.329. The summed E-state index contributed by atoms with van der Waals surface area (Å²) in [4.78, 5) is 21.7. The predicted molar refractivity (Wildman–Crippen MR) is 72.5 cm³/mol. The maximum atomic E-state index is 11.7. The molecule has 0 saturated carbocycles. The van der Waals surface area contributed by atoms with Crippen LogP contribution in [0.3, 0.4) is 0 Å². The van der Waals surface area contributed by atoms with Crippen molar-refractivity contribution >= 4 is 23.3 Å². The number of rotatable bonds is 7. The maximum absolute atomic E-state index is 11.7. The van der Waals surface area contributed by atoms with E-state index in [1.54, 1.807) is 0 Å². The lowest BCUT2D eigenvalue weighted by molar-refractivity contribution is -0.384. The van der Waals surface area contributed by atoms with Crippen LogP contribution in [0.25, 0.3) is 0 Å². The zero-order valence-corrected chi connectivity index (χ0v) is 11.5. The van der Waals surface area contributed by atoms with Crippen LogP contribution < -0.4 is 0 Å². The largest absolute Gasteiger partial charge is 0.462 e. The minimum atomic E-state index is -0.625. The highest BCUT2D eigenvalue weighted by molar-refractivity contribution is 6.32. The van der Waals surface area contributed by atoms with Gasteiger partial charge in [-0.1, -0.05) is 37.8 Å². The molecule has 0 radical (unpaired) electrons. The minimum absolute atomic E-state index is 0.00416. The van der Waals surface area contributed by atoms with Crippen molar-refractivity contribution in [1.29, 1.82) is 0 Å². The second kappa shape index (κ2) is 7.74. The summed E-state index contributed by atoms with van der Waals surface area (Å²) in [6.45, 7) is 2.42. The highest BCUT2D eigenvalue weighted by atomic mass is 35.5. The van der Waals surface area contributed by atoms with Gasteiger partial charge in [-0.3, -0.25) is 10.1 Å². The first kappa shape index (κ1) is 15.4. The van der Waals surface area contributed by atoms with E-state index >= 15 is 0 Å². The van der Waals surface area contributed by atoms with Crippen molar-refractivity contribution in [3.8, 4) is 0 Å². The summed E-state index contributed by atoms with van der Waals surface area (Å²) in [5, 5.41) is 10.7. The lowest BCUT2D eigenvalue weighted by atomic mass is 10.2. The molecule has 0 aliphatic carbocycles. The van der Waals surface area contributed by atoms with Gasteiger partial charge in [0.25, 0.3) is 5.69 Å². The smallest absolute Gasteiger partial charge is 0.338 e. The van der Waals surface area contributed by atoms with Crippen molar-refractivity contribution in [2.24, 2.45) is 0 Å². The number of benzene rings is 1. The fourth-order valence-corrected chi connectivity index (χ4v) is 1.74. The third kappa shape index (κ3) is 4.87. The summed E-state index contributed by atoms with van der Waals surface area (Å²) >= 11 is 5.66. The topological polar surface area (TPSA) is 69.4 Å². The molecule has 5 nitrogen and oxygen atoms in total. The molecule has 1 rings (SSSR count). The zero-order chi connectivity index (χ0) is 14.3. The summed E-state index contributed by atoms with van der Waals surface area (Å²) in [5.41, 5.74) is -0.145. The van der Waals surface area contributed by atoms with Gasteiger partial charge in [0.05, 0.1) is 17.1 Å². The Morgan fingerprint density at radius 3 is 2.74 bits per heavy atom. The highest BCUT2D eigenvalue weighted by Gasteiger charge is 2.16. The van der Waals surface area contributed by atoms with E-state index in [1.165, 1.54) is 12.1 Å². The molecule has 0 heterocycles. The minimum Gasteiger partial charge on any atom is -0.462 e. The van der Waals surface area contributed by atoms with E-state index in [1.807, 2.05) is 0 Å². The summed E-state index contributed by atoms with van der Waals surface area (Å²) in [7, 11) is 0. The van der Waals surface area contributed by atoms with Crippen molar-refractivity contribution in [3.63, 3.8) is 0 Å². The molecule has 0 aliphatic rings. The van der Waals surface area contributed by atoms with Crippen LogP contribution in [0.2, 0.25) is 5.02 Å². The molecule has 0 saturated heterocycles. The predicted octanol–water partition coefficient (Wildman–Crippen LogP) is 3.99. The number of nitro groups is 1. The van der Waals surface area contributed by atoms with Gasteiger partial charge in [-0.25, -0.2) is 4.79 Å². The third-order valence-electron chi connectivity index (χ3n) is 2.61. The van der Waals surface area contributed by atoms with Gasteiger partial charge in [-0.2, -0.15) is 0 Å². The van der Waals surface area contributed by atoms with Crippen LogP contribution in [0.15, 0.2) is 18.2 Å². The molecule has 0 amide bonds. The first-order valence-corrected chi connectivity index (χ1v) is 6.55. The van der Waals surface area contributed by atoms with Crippen LogP contribution in [0.5, 0.6) is 0 Å². The Morgan fingerprint density at radius 2 is 2.11 bits per heavy atom. The van der Waals surface area contributed by atoms with E-state index in [-0.39, 0.29) is 16.3 Å². The summed E-state index contributed by atoms with van der Waals surface area (Å²) in [6, 6.07) is 3.88. The fraction of sp³-hybridized carbons (Fsp3) is 0.462. The number of carbonyl (C=O) groups is 1. The number of ether oxygens (including phenoxy) is 1. The number of esters is 1. The summed E-state index contributed by atoms with van der Waals surface area (Å²) in [5.74, 6) is -0.559. The Bertz CT molecular complexity index is 462. The van der Waals surface area contributed by atoms with Crippen LogP contribution >= 0.6 is 11.6 Å². The van der Waals surface area contributed by atoms with E-state index < -0.39 is 10.9 Å². The molecule has 0 aromatic heterocycles. The maximum Gasteiger partial charge on any atom is 0.338 e. The van der Waals surface area contributed by atoms with E-state index in [0.717, 1.165) is 31.7 Å². The first-order chi connectivity index (χ1) is 9.06. The molecule has 0 aliphatic heterocycles. The molecule has 0 unspecified atom stereocenters. The third-order valence-corrected chi connectivity index (χ3v) is 2.93. The normalized spacial score (nSPS) is 10.2. The molecular formula is C13H16ClNO4.